The second kappa shape index (κ2) is 8.93. The number of unbranched alkanes of at least 4 members (excludes halogenated alkanes) is 1. The number of rotatable bonds is 8. The molecule has 0 saturated heterocycles. The van der Waals surface area contributed by atoms with Crippen molar-refractivity contribution in [3.63, 3.8) is 0 Å². The first-order valence-corrected chi connectivity index (χ1v) is 8.48. The van der Waals surface area contributed by atoms with Crippen molar-refractivity contribution < 1.29 is 9.59 Å². The van der Waals surface area contributed by atoms with E-state index in [-0.39, 0.29) is 18.2 Å². The summed E-state index contributed by atoms with van der Waals surface area (Å²) in [5, 5.41) is 5.56. The molecule has 0 fully saturated rings. The zero-order valence-electron chi connectivity index (χ0n) is 13.5. The van der Waals surface area contributed by atoms with E-state index in [0.29, 0.717) is 6.54 Å². The van der Waals surface area contributed by atoms with Crippen LogP contribution in [0, 0.1) is 0 Å². The standard InChI is InChI=1S/C17H25BrN2O2/c1-4-5-6-13-7-9-14(10-8-13)20-15(21)11-12-19-16(22)17(2,3)18/h7-10H,4-6,11-12H2,1-3H3,(H,19,22)(H,20,21). The van der Waals surface area contributed by atoms with Gasteiger partial charge in [-0.3, -0.25) is 9.59 Å². The number of aryl methyl sites for hydroxylation is 1. The van der Waals surface area contributed by atoms with E-state index in [9.17, 15) is 9.59 Å². The monoisotopic (exact) mass is 368 g/mol. The Labute approximate surface area is 141 Å². The molecule has 5 heteroatoms. The summed E-state index contributed by atoms with van der Waals surface area (Å²) in [6.45, 7) is 6.03. The first-order chi connectivity index (χ1) is 10.3. The largest absolute Gasteiger partial charge is 0.354 e. The Morgan fingerprint density at radius 3 is 2.36 bits per heavy atom. The highest BCUT2D eigenvalue weighted by atomic mass is 79.9. The molecule has 122 valence electrons. The van der Waals surface area contributed by atoms with Gasteiger partial charge in [0, 0.05) is 18.7 Å². The van der Waals surface area contributed by atoms with Crippen molar-refractivity contribution >= 4 is 33.4 Å². The lowest BCUT2D eigenvalue weighted by Crippen LogP contribution is -2.38. The van der Waals surface area contributed by atoms with Gasteiger partial charge in [0.15, 0.2) is 0 Å². The predicted octanol–water partition coefficient (Wildman–Crippen LogP) is 3.65. The van der Waals surface area contributed by atoms with E-state index in [4.69, 9.17) is 0 Å². The lowest BCUT2D eigenvalue weighted by molar-refractivity contribution is -0.122. The number of amides is 2. The van der Waals surface area contributed by atoms with E-state index < -0.39 is 4.32 Å². The van der Waals surface area contributed by atoms with Crippen molar-refractivity contribution in [2.75, 3.05) is 11.9 Å². The molecule has 2 amide bonds. The molecule has 22 heavy (non-hydrogen) atoms. The maximum absolute atomic E-state index is 11.8. The molecular weight excluding hydrogens is 344 g/mol. The van der Waals surface area contributed by atoms with Crippen molar-refractivity contribution in [3.05, 3.63) is 29.8 Å². The number of alkyl halides is 1. The molecule has 1 rings (SSSR count). The van der Waals surface area contributed by atoms with Crippen LogP contribution in [0.5, 0.6) is 0 Å². The van der Waals surface area contributed by atoms with Gasteiger partial charge >= 0.3 is 0 Å². The van der Waals surface area contributed by atoms with Crippen LogP contribution in [0.2, 0.25) is 0 Å². The van der Waals surface area contributed by atoms with Crippen LogP contribution in [0.25, 0.3) is 0 Å². The van der Waals surface area contributed by atoms with Crippen LogP contribution in [0.4, 0.5) is 5.69 Å². The van der Waals surface area contributed by atoms with Crippen LogP contribution >= 0.6 is 15.9 Å². The fraction of sp³-hybridized carbons (Fsp3) is 0.529. The smallest absolute Gasteiger partial charge is 0.236 e. The number of nitrogens with one attached hydrogen (secondary N) is 2. The minimum atomic E-state index is -0.613. The molecule has 0 radical (unpaired) electrons. The molecule has 0 spiro atoms. The average Bonchev–Trinajstić information content (AvgIpc) is 2.45. The second-order valence-electron chi connectivity index (χ2n) is 5.83. The number of halogens is 1. The van der Waals surface area contributed by atoms with Crippen LogP contribution in [-0.2, 0) is 16.0 Å². The number of carbonyl (C=O) groups excluding carboxylic acids is 2. The van der Waals surface area contributed by atoms with Gasteiger partial charge in [0.25, 0.3) is 0 Å². The molecule has 0 aliphatic rings. The Hall–Kier alpha value is -1.36. The van der Waals surface area contributed by atoms with Crippen LogP contribution in [-0.4, -0.2) is 22.7 Å². The molecule has 4 nitrogen and oxygen atoms in total. The van der Waals surface area contributed by atoms with Gasteiger partial charge in [-0.05, 0) is 44.4 Å². The minimum Gasteiger partial charge on any atom is -0.354 e. The van der Waals surface area contributed by atoms with E-state index in [1.807, 2.05) is 24.3 Å². The lowest BCUT2D eigenvalue weighted by atomic mass is 10.1. The normalized spacial score (nSPS) is 11.1. The number of carbonyl (C=O) groups is 2. The predicted molar refractivity (Wildman–Crippen MR) is 94.3 cm³/mol. The van der Waals surface area contributed by atoms with Crippen LogP contribution in [0.1, 0.15) is 45.6 Å². The van der Waals surface area contributed by atoms with Crippen LogP contribution < -0.4 is 10.6 Å². The van der Waals surface area contributed by atoms with E-state index >= 15 is 0 Å². The topological polar surface area (TPSA) is 58.2 Å². The highest BCUT2D eigenvalue weighted by molar-refractivity contribution is 9.10. The van der Waals surface area contributed by atoms with Gasteiger partial charge in [-0.15, -0.1) is 0 Å². The summed E-state index contributed by atoms with van der Waals surface area (Å²) in [4.78, 5) is 23.5. The molecule has 0 saturated carbocycles. The van der Waals surface area contributed by atoms with E-state index in [1.54, 1.807) is 13.8 Å². The summed E-state index contributed by atoms with van der Waals surface area (Å²) in [5.74, 6) is -0.227. The second-order valence-corrected chi connectivity index (χ2v) is 7.81. The molecule has 0 bridgehead atoms. The molecule has 1 aromatic carbocycles. The molecule has 0 atom stereocenters. The Bertz CT molecular complexity index is 492. The molecule has 0 heterocycles. The zero-order valence-corrected chi connectivity index (χ0v) is 15.1. The Morgan fingerprint density at radius 2 is 1.82 bits per heavy atom. The fourth-order valence-electron chi connectivity index (χ4n) is 1.86. The van der Waals surface area contributed by atoms with Crippen molar-refractivity contribution in [1.29, 1.82) is 0 Å². The van der Waals surface area contributed by atoms with E-state index in [1.165, 1.54) is 18.4 Å². The number of hydrogen-bond donors (Lipinski definition) is 2. The fourth-order valence-corrected chi connectivity index (χ4v) is 2.00. The molecule has 0 aromatic heterocycles. The third-order valence-electron chi connectivity index (χ3n) is 3.23. The summed E-state index contributed by atoms with van der Waals surface area (Å²) >= 11 is 3.28. The summed E-state index contributed by atoms with van der Waals surface area (Å²) in [7, 11) is 0. The number of benzene rings is 1. The first-order valence-electron chi connectivity index (χ1n) is 7.69. The van der Waals surface area contributed by atoms with Crippen LogP contribution in [0.3, 0.4) is 0 Å². The maximum Gasteiger partial charge on any atom is 0.236 e. The van der Waals surface area contributed by atoms with E-state index in [2.05, 4.69) is 33.5 Å². The van der Waals surface area contributed by atoms with E-state index in [0.717, 1.165) is 12.1 Å². The van der Waals surface area contributed by atoms with Gasteiger partial charge in [0.05, 0.1) is 4.32 Å². The van der Waals surface area contributed by atoms with Gasteiger partial charge in [0.1, 0.15) is 0 Å². The number of hydrogen-bond acceptors (Lipinski definition) is 2. The van der Waals surface area contributed by atoms with Crippen molar-refractivity contribution in [1.82, 2.24) is 5.32 Å². The highest BCUT2D eigenvalue weighted by Gasteiger charge is 2.22. The molecule has 1 aromatic rings. The molecule has 0 aliphatic carbocycles. The third kappa shape index (κ3) is 7.07. The van der Waals surface area contributed by atoms with Gasteiger partial charge in [-0.2, -0.15) is 0 Å². The molecule has 0 aliphatic heterocycles. The minimum absolute atomic E-state index is 0.103. The van der Waals surface area contributed by atoms with Gasteiger partial charge in [0.2, 0.25) is 11.8 Å². The molecule has 0 unspecified atom stereocenters. The Kier molecular flexibility index (Phi) is 7.59. The first kappa shape index (κ1) is 18.7. The summed E-state index contributed by atoms with van der Waals surface area (Å²) in [5.41, 5.74) is 2.07. The molecule has 2 N–H and O–H groups in total. The zero-order chi connectivity index (χ0) is 16.6. The third-order valence-corrected chi connectivity index (χ3v) is 3.59. The lowest BCUT2D eigenvalue weighted by Gasteiger charge is -2.15. The Morgan fingerprint density at radius 1 is 1.18 bits per heavy atom. The summed E-state index contributed by atoms with van der Waals surface area (Å²) in [6, 6.07) is 7.92. The maximum atomic E-state index is 11.8. The average molecular weight is 369 g/mol. The highest BCUT2D eigenvalue weighted by Crippen LogP contribution is 2.15. The van der Waals surface area contributed by atoms with Crippen LogP contribution in [0.15, 0.2) is 24.3 Å². The van der Waals surface area contributed by atoms with Gasteiger partial charge < -0.3 is 10.6 Å². The number of anilines is 1. The summed E-state index contributed by atoms with van der Waals surface area (Å²) in [6.07, 6.45) is 3.68. The van der Waals surface area contributed by atoms with Crippen molar-refractivity contribution in [2.45, 2.75) is 50.8 Å². The van der Waals surface area contributed by atoms with Crippen molar-refractivity contribution in [3.8, 4) is 0 Å². The molecular formula is C17H25BrN2O2. The van der Waals surface area contributed by atoms with Gasteiger partial charge in [-0.1, -0.05) is 41.4 Å². The van der Waals surface area contributed by atoms with Gasteiger partial charge in [-0.25, -0.2) is 0 Å². The Balaban J connectivity index is 2.34. The quantitative estimate of drug-likeness (QED) is 0.688. The van der Waals surface area contributed by atoms with Crippen molar-refractivity contribution in [2.24, 2.45) is 0 Å². The summed E-state index contributed by atoms with van der Waals surface area (Å²) < 4.78 is -0.613. The SMILES string of the molecule is CCCCc1ccc(NC(=O)CCNC(=O)C(C)(C)Br)cc1.